The molecule has 11 heteroatoms. The second kappa shape index (κ2) is 11.1. The van der Waals surface area contributed by atoms with Crippen molar-refractivity contribution in [3.05, 3.63) is 80.1 Å². The average Bonchev–Trinajstić information content (AvgIpc) is 2.87. The van der Waals surface area contributed by atoms with Gasteiger partial charge in [-0.3, -0.25) is 14.0 Å². The predicted molar refractivity (Wildman–Crippen MR) is 140 cm³/mol. The van der Waals surface area contributed by atoms with Crippen LogP contribution in [0, 0.1) is 0 Å². The maximum Gasteiger partial charge on any atom is 0.341 e. The molecule has 0 spiro atoms. The summed E-state index contributed by atoms with van der Waals surface area (Å²) in [6.45, 7) is 5.54. The van der Waals surface area contributed by atoms with Gasteiger partial charge in [-0.1, -0.05) is 36.2 Å². The van der Waals surface area contributed by atoms with Gasteiger partial charge in [0.1, 0.15) is 22.6 Å². The Balaban J connectivity index is 1.94. The summed E-state index contributed by atoms with van der Waals surface area (Å²) in [5.41, 5.74) is 0.361. The van der Waals surface area contributed by atoms with Gasteiger partial charge in [-0.15, -0.1) is 0 Å². The summed E-state index contributed by atoms with van der Waals surface area (Å²) in [5.74, 6) is -1.13. The van der Waals surface area contributed by atoms with Gasteiger partial charge >= 0.3 is 5.97 Å². The third-order valence-electron chi connectivity index (χ3n) is 5.49. The van der Waals surface area contributed by atoms with Gasteiger partial charge in [0.15, 0.2) is 11.6 Å². The molecule has 0 aliphatic carbocycles. The van der Waals surface area contributed by atoms with Gasteiger partial charge in [0, 0.05) is 17.8 Å². The van der Waals surface area contributed by atoms with Crippen molar-refractivity contribution in [2.45, 2.75) is 39.8 Å². The predicted octanol–water partition coefficient (Wildman–Crippen LogP) is 4.44. The maximum atomic E-state index is 13.3. The van der Waals surface area contributed by atoms with Crippen molar-refractivity contribution in [3.8, 4) is 5.75 Å². The van der Waals surface area contributed by atoms with E-state index in [4.69, 9.17) is 32.7 Å². The molecule has 1 aromatic carbocycles. The van der Waals surface area contributed by atoms with E-state index in [0.717, 1.165) is 0 Å². The number of nitrogens with zero attached hydrogens (tertiary/aromatic N) is 4. The lowest BCUT2D eigenvalue weighted by molar-refractivity contribution is -0.124. The first-order valence-corrected chi connectivity index (χ1v) is 12.4. The third-order valence-corrected chi connectivity index (χ3v) is 6.02. The highest BCUT2D eigenvalue weighted by atomic mass is 35.5. The molecular weight excluding hydrogens is 519 g/mol. The first-order valence-electron chi connectivity index (χ1n) is 11.7. The van der Waals surface area contributed by atoms with E-state index >= 15 is 0 Å². The van der Waals surface area contributed by atoms with Crippen molar-refractivity contribution >= 4 is 51.8 Å². The molecule has 0 radical (unpaired) electrons. The second-order valence-corrected chi connectivity index (χ2v) is 8.97. The Morgan fingerprint density at radius 3 is 2.62 bits per heavy atom. The molecule has 37 heavy (non-hydrogen) atoms. The molecular formula is C26H24Cl2N4O5. The molecule has 0 aliphatic heterocycles. The number of carbonyl (C=O) groups is 2. The Bertz CT molecular complexity index is 1640. The number of carbonyl (C=O) groups excluding carboxylic acids is 2. The number of aryl methyl sites for hydroxylation is 1. The molecule has 0 saturated heterocycles. The normalized spacial score (nSPS) is 12.6. The first-order chi connectivity index (χ1) is 17.7. The molecule has 1 amide bonds. The Morgan fingerprint density at radius 2 is 1.92 bits per heavy atom. The second-order valence-electron chi connectivity index (χ2n) is 8.12. The molecule has 1 atom stereocenters. The zero-order valence-electron chi connectivity index (χ0n) is 20.4. The summed E-state index contributed by atoms with van der Waals surface area (Å²) >= 11 is 12.1. The first kappa shape index (κ1) is 26.4. The number of pyridine rings is 2. The fraction of sp³-hybridized carbons (Fsp3) is 0.269. The van der Waals surface area contributed by atoms with E-state index in [1.807, 2.05) is 6.92 Å². The maximum absolute atomic E-state index is 13.3. The van der Waals surface area contributed by atoms with E-state index in [9.17, 15) is 14.4 Å². The lowest BCUT2D eigenvalue weighted by atomic mass is 10.2. The number of hydrogen-bond donors (Lipinski definition) is 0. The van der Waals surface area contributed by atoms with Crippen LogP contribution in [0.25, 0.3) is 16.7 Å². The van der Waals surface area contributed by atoms with Crippen LogP contribution < -0.4 is 15.8 Å². The highest BCUT2D eigenvalue weighted by molar-refractivity contribution is 6.35. The van der Waals surface area contributed by atoms with Gasteiger partial charge in [-0.2, -0.15) is 4.99 Å². The molecule has 0 aliphatic rings. The Hall–Kier alpha value is -3.69. The number of rotatable bonds is 7. The summed E-state index contributed by atoms with van der Waals surface area (Å²) in [6.07, 6.45) is 1.17. The molecule has 3 heterocycles. The fourth-order valence-corrected chi connectivity index (χ4v) is 4.25. The minimum Gasteiger partial charge on any atom is -0.479 e. The van der Waals surface area contributed by atoms with E-state index in [1.165, 1.54) is 23.5 Å². The van der Waals surface area contributed by atoms with Gasteiger partial charge in [0.2, 0.25) is 0 Å². The van der Waals surface area contributed by atoms with E-state index in [0.29, 0.717) is 29.3 Å². The van der Waals surface area contributed by atoms with E-state index in [2.05, 4.69) is 9.98 Å². The number of aromatic nitrogens is 3. The minimum absolute atomic E-state index is 0.0253. The number of halogens is 2. The van der Waals surface area contributed by atoms with Gasteiger partial charge in [-0.25, -0.2) is 9.78 Å². The molecule has 0 N–H and O–H groups in total. The smallest absolute Gasteiger partial charge is 0.341 e. The summed E-state index contributed by atoms with van der Waals surface area (Å²) in [4.78, 5) is 48.4. The van der Waals surface area contributed by atoms with Gasteiger partial charge in [-0.05, 0) is 56.7 Å². The van der Waals surface area contributed by atoms with E-state index in [1.54, 1.807) is 48.0 Å². The van der Waals surface area contributed by atoms with Crippen molar-refractivity contribution in [1.29, 1.82) is 0 Å². The van der Waals surface area contributed by atoms with Crippen LogP contribution in [0.2, 0.25) is 10.0 Å². The molecule has 3 aromatic heterocycles. The molecule has 9 nitrogen and oxygen atoms in total. The lowest BCUT2D eigenvalue weighted by Gasteiger charge is -2.16. The highest BCUT2D eigenvalue weighted by Gasteiger charge is 2.22. The van der Waals surface area contributed by atoms with Crippen molar-refractivity contribution in [2.24, 2.45) is 4.99 Å². The summed E-state index contributed by atoms with van der Waals surface area (Å²) in [5, 5.41) is 0.860. The molecule has 0 unspecified atom stereocenters. The molecule has 0 bridgehead atoms. The SMILES string of the molecule is CCCn1c(=NC(=O)[C@H](C)Oc2ccc(Cl)cc2Cl)c(C(=O)OCC)cc2c(=O)n3ccccc3nc21. The average molecular weight is 543 g/mol. The summed E-state index contributed by atoms with van der Waals surface area (Å²) in [7, 11) is 0. The zero-order valence-corrected chi connectivity index (χ0v) is 21.9. The fourth-order valence-electron chi connectivity index (χ4n) is 3.80. The van der Waals surface area contributed by atoms with Crippen LogP contribution in [0.5, 0.6) is 5.75 Å². The van der Waals surface area contributed by atoms with E-state index in [-0.39, 0.29) is 39.4 Å². The summed E-state index contributed by atoms with van der Waals surface area (Å²) < 4.78 is 13.9. The highest BCUT2D eigenvalue weighted by Crippen LogP contribution is 2.28. The van der Waals surface area contributed by atoms with Gasteiger partial charge in [0.25, 0.3) is 11.5 Å². The Morgan fingerprint density at radius 1 is 1.14 bits per heavy atom. The number of hydrogen-bond acceptors (Lipinski definition) is 6. The molecule has 4 rings (SSSR count). The zero-order chi connectivity index (χ0) is 26.7. The largest absolute Gasteiger partial charge is 0.479 e. The van der Waals surface area contributed by atoms with Crippen LogP contribution >= 0.6 is 23.2 Å². The van der Waals surface area contributed by atoms with Crippen molar-refractivity contribution in [3.63, 3.8) is 0 Å². The van der Waals surface area contributed by atoms with Crippen LogP contribution in [0.1, 0.15) is 37.6 Å². The third kappa shape index (κ3) is 5.38. The Labute approximate surface area is 221 Å². The Kier molecular flexibility index (Phi) is 7.94. The molecule has 0 fully saturated rings. The number of fused-ring (bicyclic) bond motifs is 2. The number of amides is 1. The minimum atomic E-state index is -1.05. The van der Waals surface area contributed by atoms with Crippen molar-refractivity contribution in [2.75, 3.05) is 6.61 Å². The van der Waals surface area contributed by atoms with Crippen LogP contribution in [-0.2, 0) is 16.1 Å². The van der Waals surface area contributed by atoms with Crippen LogP contribution in [0.4, 0.5) is 0 Å². The van der Waals surface area contributed by atoms with Gasteiger partial charge in [0.05, 0.1) is 17.0 Å². The van der Waals surface area contributed by atoms with Crippen molar-refractivity contribution < 1.29 is 19.1 Å². The standard InChI is InChI=1S/C26H24Cl2N4O5/c1-4-11-32-22-17(25(34)31-12-7-6-8-21(31)29-22)14-18(26(35)36-5-2)23(32)30-24(33)15(3)37-20-10-9-16(27)13-19(20)28/h6-10,12-15H,4-5,11H2,1-3H3/t15-/m0/s1. The topological polar surface area (TPSA) is 104 Å². The molecule has 0 saturated carbocycles. The number of ether oxygens (including phenoxy) is 2. The number of esters is 1. The van der Waals surface area contributed by atoms with E-state index < -0.39 is 18.0 Å². The molecule has 4 aromatic rings. The summed E-state index contributed by atoms with van der Waals surface area (Å²) in [6, 6.07) is 11.2. The van der Waals surface area contributed by atoms with Crippen molar-refractivity contribution in [1.82, 2.24) is 14.0 Å². The van der Waals surface area contributed by atoms with Crippen LogP contribution in [0.3, 0.4) is 0 Å². The number of benzene rings is 1. The van der Waals surface area contributed by atoms with Crippen LogP contribution in [-0.4, -0.2) is 38.5 Å². The van der Waals surface area contributed by atoms with Crippen LogP contribution in [0.15, 0.2) is 58.4 Å². The monoisotopic (exact) mass is 542 g/mol. The van der Waals surface area contributed by atoms with Gasteiger partial charge < -0.3 is 14.0 Å². The quantitative estimate of drug-likeness (QED) is 0.252. The molecule has 192 valence electrons. The lowest BCUT2D eigenvalue weighted by Crippen LogP contribution is -2.34.